The lowest BCUT2D eigenvalue weighted by atomic mass is 9.96. The number of alkyl halides is 3. The van der Waals surface area contributed by atoms with Gasteiger partial charge in [-0.15, -0.1) is 0 Å². The van der Waals surface area contributed by atoms with Crippen molar-refractivity contribution in [3.05, 3.63) is 0 Å². The summed E-state index contributed by atoms with van der Waals surface area (Å²) in [6.07, 6.45) is -4.64. The minimum absolute atomic E-state index is 0.924. The van der Waals surface area contributed by atoms with Gasteiger partial charge in [0.15, 0.2) is 5.92 Å². The van der Waals surface area contributed by atoms with Crippen molar-refractivity contribution in [3.63, 3.8) is 0 Å². The summed E-state index contributed by atoms with van der Waals surface area (Å²) < 4.78 is 35.5. The fraction of sp³-hybridized carbons (Fsp3) is 0.833. The van der Waals surface area contributed by atoms with Crippen molar-refractivity contribution in [2.24, 2.45) is 11.8 Å². The molecule has 0 aliphatic rings. The summed E-state index contributed by atoms with van der Waals surface area (Å²) in [6.45, 7) is 2.46. The molecule has 0 aromatic carbocycles. The molecule has 0 aromatic heterocycles. The van der Waals surface area contributed by atoms with Crippen LogP contribution in [0, 0.1) is 11.8 Å². The second-order valence-electron chi connectivity index (χ2n) is 2.60. The maximum Gasteiger partial charge on any atom is 0.402 e. The van der Waals surface area contributed by atoms with Crippen LogP contribution in [0.3, 0.4) is 0 Å². The molecule has 0 fully saturated rings. The molecule has 0 saturated heterocycles. The molecular formula is C6H9F3O2. The summed E-state index contributed by atoms with van der Waals surface area (Å²) in [5.41, 5.74) is 0. The molecule has 0 radical (unpaired) electrons. The maximum absolute atomic E-state index is 11.8. The van der Waals surface area contributed by atoms with E-state index in [0.717, 1.165) is 0 Å². The average Bonchev–Trinajstić information content (AvgIpc) is 1.54. The van der Waals surface area contributed by atoms with Gasteiger partial charge in [0.25, 0.3) is 0 Å². The van der Waals surface area contributed by atoms with Crippen molar-refractivity contribution in [1.29, 1.82) is 0 Å². The Kier molecular flexibility index (Phi) is 2.90. The lowest BCUT2D eigenvalue weighted by Crippen LogP contribution is -2.34. The van der Waals surface area contributed by atoms with Gasteiger partial charge in [0, 0.05) is 0 Å². The van der Waals surface area contributed by atoms with Crippen LogP contribution in [0.15, 0.2) is 0 Å². The third-order valence-electron chi connectivity index (χ3n) is 1.29. The highest BCUT2D eigenvalue weighted by Gasteiger charge is 2.46. The van der Waals surface area contributed by atoms with Crippen LogP contribution in [-0.4, -0.2) is 17.3 Å². The molecule has 1 N–H and O–H groups in total. The monoisotopic (exact) mass is 170 g/mol. The first-order chi connectivity index (χ1) is 4.76. The molecule has 11 heavy (non-hydrogen) atoms. The van der Waals surface area contributed by atoms with Gasteiger partial charge < -0.3 is 5.11 Å². The molecule has 5 heteroatoms. The van der Waals surface area contributed by atoms with Gasteiger partial charge in [-0.1, -0.05) is 13.8 Å². The molecule has 0 saturated carbocycles. The number of halogens is 3. The van der Waals surface area contributed by atoms with Gasteiger partial charge in [-0.05, 0) is 5.92 Å². The molecule has 0 aliphatic carbocycles. The van der Waals surface area contributed by atoms with Crippen molar-refractivity contribution >= 4 is 5.97 Å². The zero-order valence-corrected chi connectivity index (χ0v) is 6.14. The zero-order chi connectivity index (χ0) is 9.23. The number of carbonyl (C=O) groups is 1. The Morgan fingerprint density at radius 2 is 1.73 bits per heavy atom. The van der Waals surface area contributed by atoms with E-state index in [1.807, 2.05) is 0 Å². The predicted octanol–water partition coefficient (Wildman–Crippen LogP) is 1.91. The first-order valence-corrected chi connectivity index (χ1v) is 3.06. The fourth-order valence-corrected chi connectivity index (χ4v) is 0.803. The van der Waals surface area contributed by atoms with Crippen LogP contribution in [0.2, 0.25) is 0 Å². The third kappa shape index (κ3) is 2.78. The summed E-state index contributed by atoms with van der Waals surface area (Å²) in [5, 5.41) is 8.16. The predicted molar refractivity (Wildman–Crippen MR) is 32.0 cm³/mol. The van der Waals surface area contributed by atoms with E-state index in [1.165, 1.54) is 13.8 Å². The molecule has 0 amide bonds. The van der Waals surface area contributed by atoms with Gasteiger partial charge in [-0.2, -0.15) is 13.2 Å². The lowest BCUT2D eigenvalue weighted by molar-refractivity contribution is -0.201. The van der Waals surface area contributed by atoms with E-state index in [9.17, 15) is 18.0 Å². The number of aliphatic carboxylic acids is 1. The topological polar surface area (TPSA) is 37.3 Å². The van der Waals surface area contributed by atoms with E-state index in [4.69, 9.17) is 5.11 Å². The quantitative estimate of drug-likeness (QED) is 0.687. The number of carboxylic acid groups (broad SMARTS) is 1. The maximum atomic E-state index is 11.8. The number of hydrogen-bond acceptors (Lipinski definition) is 1. The molecule has 0 rings (SSSR count). The molecule has 0 heterocycles. The third-order valence-corrected chi connectivity index (χ3v) is 1.29. The highest BCUT2D eigenvalue weighted by Crippen LogP contribution is 2.31. The largest absolute Gasteiger partial charge is 0.481 e. The van der Waals surface area contributed by atoms with Crippen molar-refractivity contribution in [1.82, 2.24) is 0 Å². The second-order valence-corrected chi connectivity index (χ2v) is 2.60. The van der Waals surface area contributed by atoms with Crippen molar-refractivity contribution in [3.8, 4) is 0 Å². The van der Waals surface area contributed by atoms with E-state index in [2.05, 4.69) is 0 Å². The lowest BCUT2D eigenvalue weighted by Gasteiger charge is -2.18. The Balaban J connectivity index is 4.49. The average molecular weight is 170 g/mol. The summed E-state index contributed by atoms with van der Waals surface area (Å²) >= 11 is 0. The molecule has 0 spiro atoms. The van der Waals surface area contributed by atoms with Crippen LogP contribution in [0.5, 0.6) is 0 Å². The molecule has 0 unspecified atom stereocenters. The van der Waals surface area contributed by atoms with Gasteiger partial charge in [-0.3, -0.25) is 4.79 Å². The minimum Gasteiger partial charge on any atom is -0.481 e. The summed E-state index contributed by atoms with van der Waals surface area (Å²) in [7, 11) is 0. The molecule has 0 aromatic rings. The summed E-state index contributed by atoms with van der Waals surface area (Å²) in [4.78, 5) is 10.1. The first-order valence-electron chi connectivity index (χ1n) is 3.06. The Morgan fingerprint density at radius 1 is 1.36 bits per heavy atom. The van der Waals surface area contributed by atoms with Crippen LogP contribution < -0.4 is 0 Å². The van der Waals surface area contributed by atoms with Gasteiger partial charge in [0.2, 0.25) is 0 Å². The van der Waals surface area contributed by atoms with E-state index in [1.54, 1.807) is 0 Å². The van der Waals surface area contributed by atoms with Gasteiger partial charge in [0.05, 0.1) is 0 Å². The van der Waals surface area contributed by atoms with Gasteiger partial charge in [0.1, 0.15) is 0 Å². The normalized spacial score (nSPS) is 15.1. The van der Waals surface area contributed by atoms with Crippen LogP contribution in [0.1, 0.15) is 13.8 Å². The summed E-state index contributed by atoms with van der Waals surface area (Å²) in [5.74, 6) is -4.98. The van der Waals surface area contributed by atoms with E-state index in [0.29, 0.717) is 0 Å². The smallest absolute Gasteiger partial charge is 0.402 e. The molecular weight excluding hydrogens is 161 g/mol. The number of carboxylic acids is 1. The minimum atomic E-state index is -4.64. The Hall–Kier alpha value is -0.740. The van der Waals surface area contributed by atoms with Crippen LogP contribution in [-0.2, 0) is 4.79 Å². The number of rotatable bonds is 2. The van der Waals surface area contributed by atoms with Crippen LogP contribution in [0.4, 0.5) is 13.2 Å². The van der Waals surface area contributed by atoms with Crippen molar-refractivity contribution < 1.29 is 23.1 Å². The fourth-order valence-electron chi connectivity index (χ4n) is 0.803. The van der Waals surface area contributed by atoms with Crippen molar-refractivity contribution in [2.45, 2.75) is 20.0 Å². The Labute approximate surface area is 62.0 Å². The molecule has 1 atom stereocenters. The Bertz CT molecular complexity index is 150. The molecule has 0 aliphatic heterocycles. The SMILES string of the molecule is CC(C)[C@@H](C(=O)O)C(F)(F)F. The van der Waals surface area contributed by atoms with E-state index in [-0.39, 0.29) is 0 Å². The summed E-state index contributed by atoms with van der Waals surface area (Å²) in [6, 6.07) is 0. The number of hydrogen-bond donors (Lipinski definition) is 1. The molecule has 0 bridgehead atoms. The van der Waals surface area contributed by atoms with Gasteiger partial charge in [-0.25, -0.2) is 0 Å². The van der Waals surface area contributed by atoms with E-state index < -0.39 is 24.0 Å². The van der Waals surface area contributed by atoms with E-state index >= 15 is 0 Å². The highest BCUT2D eigenvalue weighted by atomic mass is 19.4. The standard InChI is InChI=1S/C6H9F3O2/c1-3(2)4(5(10)11)6(7,8)9/h3-4H,1-2H3,(H,10,11)/t4-/m0/s1. The van der Waals surface area contributed by atoms with Crippen LogP contribution in [0.25, 0.3) is 0 Å². The second kappa shape index (κ2) is 3.11. The van der Waals surface area contributed by atoms with Crippen LogP contribution >= 0.6 is 0 Å². The highest BCUT2D eigenvalue weighted by molar-refractivity contribution is 5.71. The zero-order valence-electron chi connectivity index (χ0n) is 6.14. The molecule has 66 valence electrons. The van der Waals surface area contributed by atoms with Crippen molar-refractivity contribution in [2.75, 3.05) is 0 Å². The van der Waals surface area contributed by atoms with Gasteiger partial charge >= 0.3 is 12.1 Å². The first kappa shape index (κ1) is 10.3. The molecule has 2 nitrogen and oxygen atoms in total. The Morgan fingerprint density at radius 3 is 1.73 bits per heavy atom.